The first-order valence-electron chi connectivity index (χ1n) is 6.41. The zero-order valence-corrected chi connectivity index (χ0v) is 11.2. The molecule has 0 bridgehead atoms. The molecule has 0 aliphatic rings. The van der Waals surface area contributed by atoms with Gasteiger partial charge >= 0.3 is 0 Å². The third-order valence-corrected chi connectivity index (χ3v) is 3.28. The molecule has 3 heteroatoms. The lowest BCUT2D eigenvalue weighted by atomic mass is 10.0. The Kier molecular flexibility index (Phi) is 4.07. The Hall–Kier alpha value is -2.00. The van der Waals surface area contributed by atoms with E-state index in [2.05, 4.69) is 24.4 Å². The second-order valence-electron chi connectivity index (χ2n) is 4.76. The van der Waals surface area contributed by atoms with Crippen molar-refractivity contribution in [1.29, 1.82) is 0 Å². The van der Waals surface area contributed by atoms with Crippen LogP contribution in [-0.2, 0) is 0 Å². The molecule has 2 aromatic carbocycles. The van der Waals surface area contributed by atoms with Crippen molar-refractivity contribution >= 4 is 0 Å². The van der Waals surface area contributed by atoms with Crippen molar-refractivity contribution in [2.75, 3.05) is 0 Å². The Morgan fingerprint density at radius 1 is 0.895 bits per heavy atom. The van der Waals surface area contributed by atoms with Gasteiger partial charge in [-0.3, -0.25) is 0 Å². The number of nitrogens with one attached hydrogen (secondary N) is 1. The molecular formula is C16H19NO2. The number of phenolic OH excluding ortho intramolecular Hbond substituents is 2. The predicted molar refractivity (Wildman–Crippen MR) is 76.2 cm³/mol. The van der Waals surface area contributed by atoms with Gasteiger partial charge in [0.15, 0.2) is 0 Å². The van der Waals surface area contributed by atoms with Crippen LogP contribution < -0.4 is 5.32 Å². The molecular weight excluding hydrogens is 238 g/mol. The zero-order chi connectivity index (χ0) is 13.8. The van der Waals surface area contributed by atoms with Crippen LogP contribution in [0.25, 0.3) is 0 Å². The first-order chi connectivity index (χ1) is 9.08. The second-order valence-corrected chi connectivity index (χ2v) is 4.76. The number of aromatic hydroxyl groups is 2. The van der Waals surface area contributed by atoms with Gasteiger partial charge in [-0.05, 0) is 25.5 Å². The highest BCUT2D eigenvalue weighted by molar-refractivity contribution is 5.40. The molecule has 19 heavy (non-hydrogen) atoms. The number of phenols is 2. The van der Waals surface area contributed by atoms with Crippen molar-refractivity contribution < 1.29 is 10.2 Å². The van der Waals surface area contributed by atoms with Crippen LogP contribution in [0.3, 0.4) is 0 Å². The van der Waals surface area contributed by atoms with Gasteiger partial charge in [0.05, 0.1) is 0 Å². The third kappa shape index (κ3) is 3.26. The summed E-state index contributed by atoms with van der Waals surface area (Å²) in [4.78, 5) is 0. The lowest BCUT2D eigenvalue weighted by molar-refractivity contribution is 0.427. The number of benzene rings is 2. The maximum absolute atomic E-state index is 9.85. The smallest absolute Gasteiger partial charge is 0.124 e. The van der Waals surface area contributed by atoms with Crippen LogP contribution in [0.15, 0.2) is 48.5 Å². The van der Waals surface area contributed by atoms with E-state index in [0.29, 0.717) is 0 Å². The monoisotopic (exact) mass is 257 g/mol. The third-order valence-electron chi connectivity index (χ3n) is 3.28. The van der Waals surface area contributed by atoms with Crippen molar-refractivity contribution in [3.63, 3.8) is 0 Å². The van der Waals surface area contributed by atoms with Gasteiger partial charge in [-0.2, -0.15) is 0 Å². The Balaban J connectivity index is 2.10. The average Bonchev–Trinajstić information content (AvgIpc) is 2.39. The highest BCUT2D eigenvalue weighted by Crippen LogP contribution is 2.29. The van der Waals surface area contributed by atoms with Gasteiger partial charge in [0, 0.05) is 23.7 Å². The maximum Gasteiger partial charge on any atom is 0.124 e. The molecule has 2 unspecified atom stereocenters. The van der Waals surface area contributed by atoms with Crippen molar-refractivity contribution in [3.05, 3.63) is 59.7 Å². The van der Waals surface area contributed by atoms with E-state index >= 15 is 0 Å². The van der Waals surface area contributed by atoms with E-state index in [0.717, 1.165) is 5.56 Å². The van der Waals surface area contributed by atoms with E-state index in [9.17, 15) is 10.2 Å². The summed E-state index contributed by atoms with van der Waals surface area (Å²) in [5.74, 6) is 0.185. The molecule has 0 radical (unpaired) electrons. The minimum absolute atomic E-state index is 0.00388. The highest BCUT2D eigenvalue weighted by Gasteiger charge is 2.14. The SMILES string of the molecule is CC(NC(C)c1ccc(O)cc1O)c1ccccc1. The fraction of sp³-hybridized carbons (Fsp3) is 0.250. The Bertz CT molecular complexity index is 540. The summed E-state index contributed by atoms with van der Waals surface area (Å²) in [5, 5.41) is 22.6. The van der Waals surface area contributed by atoms with Gasteiger partial charge in [0.2, 0.25) is 0 Å². The molecule has 0 saturated heterocycles. The topological polar surface area (TPSA) is 52.5 Å². The molecule has 0 aliphatic carbocycles. The number of hydrogen-bond donors (Lipinski definition) is 3. The van der Waals surface area contributed by atoms with E-state index in [1.807, 2.05) is 25.1 Å². The lowest BCUT2D eigenvalue weighted by Gasteiger charge is -2.21. The van der Waals surface area contributed by atoms with Gasteiger partial charge in [0.25, 0.3) is 0 Å². The molecule has 3 nitrogen and oxygen atoms in total. The minimum Gasteiger partial charge on any atom is -0.508 e. The van der Waals surface area contributed by atoms with Gasteiger partial charge in [0.1, 0.15) is 11.5 Å². The van der Waals surface area contributed by atoms with E-state index in [1.54, 1.807) is 12.1 Å². The molecule has 0 saturated carbocycles. The van der Waals surface area contributed by atoms with E-state index < -0.39 is 0 Å². The quantitative estimate of drug-likeness (QED) is 0.785. The van der Waals surface area contributed by atoms with Gasteiger partial charge < -0.3 is 15.5 Å². The second kappa shape index (κ2) is 5.76. The first kappa shape index (κ1) is 13.4. The Morgan fingerprint density at radius 2 is 1.58 bits per heavy atom. The van der Waals surface area contributed by atoms with Crippen LogP contribution in [0.2, 0.25) is 0 Å². The van der Waals surface area contributed by atoms with Crippen LogP contribution >= 0.6 is 0 Å². The van der Waals surface area contributed by atoms with Crippen LogP contribution in [0, 0.1) is 0 Å². The molecule has 0 amide bonds. The summed E-state index contributed by atoms with van der Waals surface area (Å²) in [7, 11) is 0. The average molecular weight is 257 g/mol. The predicted octanol–water partition coefficient (Wildman–Crippen LogP) is 3.51. The van der Waals surface area contributed by atoms with Crippen molar-refractivity contribution in [2.24, 2.45) is 0 Å². The molecule has 100 valence electrons. The minimum atomic E-state index is -0.00388. The summed E-state index contributed by atoms with van der Waals surface area (Å²) in [6.45, 7) is 4.08. The lowest BCUT2D eigenvalue weighted by Crippen LogP contribution is -2.22. The molecule has 0 aliphatic heterocycles. The molecule has 3 N–H and O–H groups in total. The van der Waals surface area contributed by atoms with Crippen LogP contribution in [-0.4, -0.2) is 10.2 Å². The maximum atomic E-state index is 9.85. The van der Waals surface area contributed by atoms with Gasteiger partial charge in [-0.15, -0.1) is 0 Å². The molecule has 0 fully saturated rings. The molecule has 0 heterocycles. The van der Waals surface area contributed by atoms with E-state index in [-0.39, 0.29) is 23.6 Å². The fourth-order valence-corrected chi connectivity index (χ4v) is 2.20. The Morgan fingerprint density at radius 3 is 2.21 bits per heavy atom. The standard InChI is InChI=1S/C16H19NO2/c1-11(13-6-4-3-5-7-13)17-12(2)15-9-8-14(18)10-16(15)19/h3-12,17-19H,1-2H3. The van der Waals surface area contributed by atoms with E-state index in [4.69, 9.17) is 0 Å². The molecule has 2 rings (SSSR count). The first-order valence-corrected chi connectivity index (χ1v) is 6.41. The summed E-state index contributed by atoms with van der Waals surface area (Å²) < 4.78 is 0. The highest BCUT2D eigenvalue weighted by atomic mass is 16.3. The molecule has 0 spiro atoms. The molecule has 2 aromatic rings. The van der Waals surface area contributed by atoms with Crippen molar-refractivity contribution in [2.45, 2.75) is 25.9 Å². The number of rotatable bonds is 4. The summed E-state index contributed by atoms with van der Waals surface area (Å²) in [6.07, 6.45) is 0. The zero-order valence-electron chi connectivity index (χ0n) is 11.2. The van der Waals surface area contributed by atoms with Crippen molar-refractivity contribution in [1.82, 2.24) is 5.32 Å². The van der Waals surface area contributed by atoms with Gasteiger partial charge in [-0.1, -0.05) is 36.4 Å². The van der Waals surface area contributed by atoms with Crippen LogP contribution in [0.4, 0.5) is 0 Å². The fourth-order valence-electron chi connectivity index (χ4n) is 2.20. The van der Waals surface area contributed by atoms with Crippen LogP contribution in [0.5, 0.6) is 11.5 Å². The number of hydrogen-bond acceptors (Lipinski definition) is 3. The van der Waals surface area contributed by atoms with Crippen LogP contribution in [0.1, 0.15) is 37.1 Å². The molecule has 0 aromatic heterocycles. The normalized spacial score (nSPS) is 14.0. The van der Waals surface area contributed by atoms with Gasteiger partial charge in [-0.25, -0.2) is 0 Å². The Labute approximate surface area is 113 Å². The largest absolute Gasteiger partial charge is 0.508 e. The van der Waals surface area contributed by atoms with E-state index in [1.165, 1.54) is 11.6 Å². The molecule has 2 atom stereocenters. The summed E-state index contributed by atoms with van der Waals surface area (Å²) >= 11 is 0. The summed E-state index contributed by atoms with van der Waals surface area (Å²) in [5.41, 5.74) is 1.98. The van der Waals surface area contributed by atoms with Crippen molar-refractivity contribution in [3.8, 4) is 11.5 Å². The summed E-state index contributed by atoms with van der Waals surface area (Å²) in [6, 6.07) is 15.0.